The molecule has 3 rings (SSSR count). The fourth-order valence-electron chi connectivity index (χ4n) is 2.22. The van der Waals surface area contributed by atoms with Crippen molar-refractivity contribution in [3.63, 3.8) is 0 Å². The quantitative estimate of drug-likeness (QED) is 0.888. The number of hydrogen-bond acceptors (Lipinski definition) is 4. The van der Waals surface area contributed by atoms with Gasteiger partial charge in [0.2, 0.25) is 0 Å². The van der Waals surface area contributed by atoms with Gasteiger partial charge in [-0.3, -0.25) is 4.79 Å². The van der Waals surface area contributed by atoms with E-state index in [9.17, 15) is 9.90 Å². The number of benzene rings is 1. The van der Waals surface area contributed by atoms with E-state index in [1.54, 1.807) is 29.7 Å². The molecule has 1 aliphatic carbocycles. The number of hydrogen-bond donors (Lipinski definition) is 2. The molecule has 2 N–H and O–H groups in total. The van der Waals surface area contributed by atoms with Gasteiger partial charge < -0.3 is 10.4 Å². The lowest BCUT2D eigenvalue weighted by Gasteiger charge is -2.18. The summed E-state index contributed by atoms with van der Waals surface area (Å²) >= 11 is 1.54. The molecule has 0 spiro atoms. The van der Waals surface area contributed by atoms with E-state index in [4.69, 9.17) is 0 Å². The maximum atomic E-state index is 12.2. The lowest BCUT2D eigenvalue weighted by atomic mass is 10.1. The lowest BCUT2D eigenvalue weighted by molar-refractivity contribution is -0.130. The van der Waals surface area contributed by atoms with E-state index >= 15 is 0 Å². The third-order valence-electron chi connectivity index (χ3n) is 3.47. The normalized spacial score (nSPS) is 17.4. The first-order valence-corrected chi connectivity index (χ1v) is 7.56. The Hall–Kier alpha value is -1.72. The number of aromatic nitrogens is 1. The Morgan fingerprint density at radius 1 is 1.35 bits per heavy atom. The van der Waals surface area contributed by atoms with Gasteiger partial charge in [0.1, 0.15) is 5.01 Å². The molecule has 0 saturated heterocycles. The number of aliphatic hydroxyl groups is 1. The van der Waals surface area contributed by atoms with E-state index in [1.807, 2.05) is 23.6 Å². The summed E-state index contributed by atoms with van der Waals surface area (Å²) in [5, 5.41) is 15.9. The van der Waals surface area contributed by atoms with Gasteiger partial charge in [0.05, 0.1) is 6.04 Å². The maximum absolute atomic E-state index is 12.2. The minimum Gasteiger partial charge on any atom is -0.378 e. The molecule has 2 aromatic rings. The van der Waals surface area contributed by atoms with Crippen LogP contribution in [0.4, 0.5) is 0 Å². The molecule has 0 radical (unpaired) electrons. The molecule has 1 fully saturated rings. The van der Waals surface area contributed by atoms with Crippen LogP contribution in [0.5, 0.6) is 0 Å². The van der Waals surface area contributed by atoms with Crippen LogP contribution in [0.25, 0.3) is 0 Å². The fraction of sp³-hybridized carbons (Fsp3) is 0.333. The van der Waals surface area contributed by atoms with Crippen LogP contribution in [0.15, 0.2) is 41.9 Å². The average molecular weight is 288 g/mol. The number of nitrogens with one attached hydrogen (secondary N) is 1. The van der Waals surface area contributed by atoms with E-state index in [2.05, 4.69) is 10.3 Å². The van der Waals surface area contributed by atoms with Gasteiger partial charge in [0.15, 0.2) is 6.10 Å². The van der Waals surface area contributed by atoms with Crippen molar-refractivity contribution in [3.05, 3.63) is 52.5 Å². The molecule has 20 heavy (non-hydrogen) atoms. The average Bonchev–Trinajstić information content (AvgIpc) is 3.19. The highest BCUT2D eigenvalue weighted by Gasteiger charge is 2.36. The smallest absolute Gasteiger partial charge is 0.254 e. The Balaban J connectivity index is 1.71. The molecule has 1 saturated carbocycles. The minimum absolute atomic E-state index is 0.0686. The summed E-state index contributed by atoms with van der Waals surface area (Å²) in [6.07, 6.45) is 2.82. The van der Waals surface area contributed by atoms with Crippen molar-refractivity contribution in [2.24, 2.45) is 5.92 Å². The predicted octanol–water partition coefficient (Wildman–Crippen LogP) is 2.44. The molecule has 1 aliphatic rings. The van der Waals surface area contributed by atoms with Gasteiger partial charge in [-0.15, -0.1) is 11.3 Å². The van der Waals surface area contributed by atoms with Crippen LogP contribution in [0.3, 0.4) is 0 Å². The molecular weight excluding hydrogens is 272 g/mol. The third-order valence-corrected chi connectivity index (χ3v) is 4.33. The predicted molar refractivity (Wildman–Crippen MR) is 77.1 cm³/mol. The number of thiazole rings is 1. The molecule has 1 heterocycles. The maximum Gasteiger partial charge on any atom is 0.254 e. The van der Waals surface area contributed by atoms with Gasteiger partial charge in [0.25, 0.3) is 5.91 Å². The standard InChI is InChI=1S/C15H16N2O2S/c18-13(11-4-2-1-3-5-11)14(19)17-12(10-6-7-10)15-16-8-9-20-15/h1-5,8-10,12-13,18H,6-7H2,(H,17,19). The number of aliphatic hydroxyl groups excluding tert-OH is 1. The van der Waals surface area contributed by atoms with Crippen LogP contribution in [-0.4, -0.2) is 16.0 Å². The Bertz CT molecular complexity index is 567. The van der Waals surface area contributed by atoms with Crippen LogP contribution >= 0.6 is 11.3 Å². The number of nitrogens with zero attached hydrogens (tertiary/aromatic N) is 1. The highest BCUT2D eigenvalue weighted by Crippen LogP contribution is 2.41. The molecule has 1 amide bonds. The molecule has 1 aromatic carbocycles. The summed E-state index contributed by atoms with van der Waals surface area (Å²) in [6, 6.07) is 8.91. The van der Waals surface area contributed by atoms with E-state index in [1.165, 1.54) is 0 Å². The number of rotatable bonds is 5. The summed E-state index contributed by atoms with van der Waals surface area (Å²) in [6.45, 7) is 0. The molecule has 104 valence electrons. The van der Waals surface area contributed by atoms with Gasteiger partial charge in [-0.25, -0.2) is 4.98 Å². The molecule has 2 unspecified atom stereocenters. The molecule has 4 nitrogen and oxygen atoms in total. The number of carbonyl (C=O) groups excluding carboxylic acids is 1. The van der Waals surface area contributed by atoms with E-state index in [0.717, 1.165) is 17.8 Å². The Kier molecular flexibility index (Phi) is 3.80. The van der Waals surface area contributed by atoms with Crippen molar-refractivity contribution in [3.8, 4) is 0 Å². The van der Waals surface area contributed by atoms with Crippen LogP contribution in [0, 0.1) is 5.92 Å². The second-order valence-electron chi connectivity index (χ2n) is 5.01. The van der Waals surface area contributed by atoms with Crippen molar-refractivity contribution < 1.29 is 9.90 Å². The second-order valence-corrected chi connectivity index (χ2v) is 5.93. The monoisotopic (exact) mass is 288 g/mol. The summed E-state index contributed by atoms with van der Waals surface area (Å²) in [5.74, 6) is 0.0939. The molecule has 0 bridgehead atoms. The molecule has 0 aliphatic heterocycles. The lowest BCUT2D eigenvalue weighted by Crippen LogP contribution is -2.34. The van der Waals surface area contributed by atoms with Crippen molar-refractivity contribution in [1.82, 2.24) is 10.3 Å². The van der Waals surface area contributed by atoms with E-state index in [-0.39, 0.29) is 11.9 Å². The zero-order chi connectivity index (χ0) is 13.9. The van der Waals surface area contributed by atoms with Gasteiger partial charge in [-0.05, 0) is 24.3 Å². The first kappa shape index (κ1) is 13.3. The Morgan fingerprint density at radius 2 is 2.10 bits per heavy atom. The Labute approximate surface area is 121 Å². The van der Waals surface area contributed by atoms with E-state index < -0.39 is 6.10 Å². The first-order chi connectivity index (χ1) is 9.75. The molecule has 2 atom stereocenters. The van der Waals surface area contributed by atoms with Crippen molar-refractivity contribution in [2.45, 2.75) is 25.0 Å². The molecule has 1 aromatic heterocycles. The van der Waals surface area contributed by atoms with Gasteiger partial charge in [-0.1, -0.05) is 30.3 Å². The first-order valence-electron chi connectivity index (χ1n) is 6.68. The zero-order valence-electron chi connectivity index (χ0n) is 10.9. The van der Waals surface area contributed by atoms with Gasteiger partial charge in [0, 0.05) is 11.6 Å². The summed E-state index contributed by atoms with van der Waals surface area (Å²) < 4.78 is 0. The third kappa shape index (κ3) is 2.89. The summed E-state index contributed by atoms with van der Waals surface area (Å²) in [5.41, 5.74) is 0.610. The highest BCUT2D eigenvalue weighted by molar-refractivity contribution is 7.09. The summed E-state index contributed by atoms with van der Waals surface area (Å²) in [4.78, 5) is 16.5. The molecular formula is C15H16N2O2S. The number of amides is 1. The fourth-order valence-corrected chi connectivity index (χ4v) is 3.00. The van der Waals surface area contributed by atoms with Gasteiger partial charge in [-0.2, -0.15) is 0 Å². The number of carbonyl (C=O) groups is 1. The minimum atomic E-state index is -1.13. The van der Waals surface area contributed by atoms with Crippen molar-refractivity contribution >= 4 is 17.2 Å². The molecule has 5 heteroatoms. The second kappa shape index (κ2) is 5.73. The largest absolute Gasteiger partial charge is 0.378 e. The van der Waals surface area contributed by atoms with Crippen LogP contribution < -0.4 is 5.32 Å². The van der Waals surface area contributed by atoms with Gasteiger partial charge >= 0.3 is 0 Å². The van der Waals surface area contributed by atoms with Crippen molar-refractivity contribution in [2.75, 3.05) is 0 Å². The van der Waals surface area contributed by atoms with Crippen molar-refractivity contribution in [1.29, 1.82) is 0 Å². The Morgan fingerprint density at radius 3 is 2.70 bits per heavy atom. The van der Waals surface area contributed by atoms with Crippen LogP contribution in [0.2, 0.25) is 0 Å². The SMILES string of the molecule is O=C(NC(c1nccs1)C1CC1)C(O)c1ccccc1. The van der Waals surface area contributed by atoms with Crippen LogP contribution in [-0.2, 0) is 4.79 Å². The summed E-state index contributed by atoms with van der Waals surface area (Å²) in [7, 11) is 0. The zero-order valence-corrected chi connectivity index (χ0v) is 11.7. The van der Waals surface area contributed by atoms with E-state index in [0.29, 0.717) is 11.5 Å². The topological polar surface area (TPSA) is 62.2 Å². The van der Waals surface area contributed by atoms with Crippen LogP contribution in [0.1, 0.15) is 35.6 Å². The highest BCUT2D eigenvalue weighted by atomic mass is 32.1.